The number of guanidine groups is 1. The lowest BCUT2D eigenvalue weighted by Gasteiger charge is -2.22. The molecule has 1 aliphatic rings. The third-order valence-corrected chi connectivity index (χ3v) is 5.02. The van der Waals surface area contributed by atoms with E-state index in [0.29, 0.717) is 18.5 Å². The molecule has 2 N–H and O–H groups in total. The first-order valence-corrected chi connectivity index (χ1v) is 10.7. The van der Waals surface area contributed by atoms with Crippen LogP contribution >= 0.6 is 24.0 Å². The first-order valence-electron chi connectivity index (χ1n) is 8.67. The van der Waals surface area contributed by atoms with Crippen molar-refractivity contribution in [2.45, 2.75) is 64.0 Å². The summed E-state index contributed by atoms with van der Waals surface area (Å²) in [5, 5.41) is 6.46. The third kappa shape index (κ3) is 12.3. The summed E-state index contributed by atoms with van der Waals surface area (Å²) in [5.74, 6) is 0.900. The zero-order chi connectivity index (χ0) is 17.1. The van der Waals surface area contributed by atoms with Crippen molar-refractivity contribution in [2.75, 3.05) is 32.2 Å². The van der Waals surface area contributed by atoms with Crippen molar-refractivity contribution in [3.8, 4) is 0 Å². The minimum atomic E-state index is -2.91. The van der Waals surface area contributed by atoms with Crippen LogP contribution in [-0.2, 0) is 14.6 Å². The van der Waals surface area contributed by atoms with Gasteiger partial charge in [0, 0.05) is 32.5 Å². The monoisotopic (exact) mass is 475 g/mol. The van der Waals surface area contributed by atoms with Gasteiger partial charge in [-0.2, -0.15) is 0 Å². The van der Waals surface area contributed by atoms with Crippen molar-refractivity contribution in [3.05, 3.63) is 0 Å². The van der Waals surface area contributed by atoms with Crippen LogP contribution in [0, 0.1) is 0 Å². The van der Waals surface area contributed by atoms with Gasteiger partial charge in [-0.15, -0.1) is 24.0 Å². The third-order valence-electron chi connectivity index (χ3n) is 4.05. The highest BCUT2D eigenvalue weighted by atomic mass is 127. The lowest BCUT2D eigenvalue weighted by atomic mass is 9.98. The van der Waals surface area contributed by atoms with Crippen LogP contribution < -0.4 is 10.6 Å². The van der Waals surface area contributed by atoms with E-state index < -0.39 is 9.84 Å². The fraction of sp³-hybridized carbons (Fsp3) is 0.938. The highest BCUT2D eigenvalue weighted by molar-refractivity contribution is 14.0. The molecule has 0 amide bonds. The number of aliphatic imine (C=N–C) groups is 1. The summed E-state index contributed by atoms with van der Waals surface area (Å²) in [7, 11) is -1.19. The number of ether oxygens (including phenoxy) is 1. The minimum absolute atomic E-state index is 0. The average molecular weight is 475 g/mol. The van der Waals surface area contributed by atoms with E-state index in [0.717, 1.165) is 19.6 Å². The molecule has 1 atom stereocenters. The normalized spacial score (nSPS) is 17.9. The fourth-order valence-electron chi connectivity index (χ4n) is 2.65. The molecule has 8 heteroatoms. The first-order chi connectivity index (χ1) is 10.9. The van der Waals surface area contributed by atoms with Crippen LogP contribution in [0.25, 0.3) is 0 Å². The van der Waals surface area contributed by atoms with Gasteiger partial charge in [-0.3, -0.25) is 4.99 Å². The van der Waals surface area contributed by atoms with E-state index in [1.54, 1.807) is 7.05 Å². The number of sulfone groups is 1. The van der Waals surface area contributed by atoms with Gasteiger partial charge in [0.05, 0.1) is 11.9 Å². The second-order valence-corrected chi connectivity index (χ2v) is 8.71. The largest absolute Gasteiger partial charge is 0.378 e. The van der Waals surface area contributed by atoms with E-state index in [4.69, 9.17) is 4.74 Å². The van der Waals surface area contributed by atoms with Crippen LogP contribution in [-0.4, -0.2) is 58.7 Å². The number of hydrogen-bond donors (Lipinski definition) is 2. The summed E-state index contributed by atoms with van der Waals surface area (Å²) in [5.41, 5.74) is 0. The van der Waals surface area contributed by atoms with E-state index in [1.807, 2.05) is 6.92 Å². The highest BCUT2D eigenvalue weighted by Crippen LogP contribution is 2.20. The van der Waals surface area contributed by atoms with Crippen LogP contribution in [0.4, 0.5) is 0 Å². The van der Waals surface area contributed by atoms with Gasteiger partial charge >= 0.3 is 0 Å². The SMILES string of the molecule is CN=C(NCCCOC1CCCCC1)NC(C)CCS(C)(=O)=O.I. The zero-order valence-electron chi connectivity index (χ0n) is 15.2. The maximum atomic E-state index is 11.2. The molecule has 6 nitrogen and oxygen atoms in total. The Hall–Kier alpha value is -0.0900. The highest BCUT2D eigenvalue weighted by Gasteiger charge is 2.13. The van der Waals surface area contributed by atoms with Crippen molar-refractivity contribution >= 4 is 39.8 Å². The Balaban J connectivity index is 0.00000529. The van der Waals surface area contributed by atoms with E-state index >= 15 is 0 Å². The first kappa shape index (κ1) is 23.9. The van der Waals surface area contributed by atoms with Crippen molar-refractivity contribution in [1.29, 1.82) is 0 Å². The summed E-state index contributed by atoms with van der Waals surface area (Å²) in [6, 6.07) is 0.0643. The Bertz CT molecular complexity index is 451. The Kier molecular flexibility index (Phi) is 13.1. The Morgan fingerprint density at radius 2 is 1.96 bits per heavy atom. The van der Waals surface area contributed by atoms with E-state index in [-0.39, 0.29) is 35.8 Å². The Morgan fingerprint density at radius 3 is 2.54 bits per heavy atom. The van der Waals surface area contributed by atoms with Crippen LogP contribution in [0.1, 0.15) is 51.9 Å². The van der Waals surface area contributed by atoms with Gasteiger partial charge < -0.3 is 15.4 Å². The van der Waals surface area contributed by atoms with Gasteiger partial charge in [-0.1, -0.05) is 19.3 Å². The van der Waals surface area contributed by atoms with Gasteiger partial charge in [0.25, 0.3) is 0 Å². The van der Waals surface area contributed by atoms with Gasteiger partial charge in [-0.25, -0.2) is 8.42 Å². The quantitative estimate of drug-likeness (QED) is 0.232. The van der Waals surface area contributed by atoms with Gasteiger partial charge in [0.15, 0.2) is 5.96 Å². The number of nitrogens with one attached hydrogen (secondary N) is 2. The summed E-state index contributed by atoms with van der Waals surface area (Å²) in [6.07, 6.45) is 9.58. The molecule has 0 aromatic carbocycles. The predicted molar refractivity (Wildman–Crippen MR) is 111 cm³/mol. The summed E-state index contributed by atoms with van der Waals surface area (Å²) >= 11 is 0. The molecule has 0 aromatic rings. The van der Waals surface area contributed by atoms with Gasteiger partial charge in [0.1, 0.15) is 9.84 Å². The average Bonchev–Trinajstić information content (AvgIpc) is 2.52. The van der Waals surface area contributed by atoms with Crippen molar-refractivity contribution < 1.29 is 13.2 Å². The summed E-state index contributed by atoms with van der Waals surface area (Å²) < 4.78 is 28.2. The lowest BCUT2D eigenvalue weighted by molar-refractivity contribution is 0.0277. The topological polar surface area (TPSA) is 79.8 Å². The molecule has 1 fully saturated rings. The smallest absolute Gasteiger partial charge is 0.191 e. The molecule has 0 radical (unpaired) electrons. The van der Waals surface area contributed by atoms with E-state index in [2.05, 4.69) is 15.6 Å². The molecular weight excluding hydrogens is 441 g/mol. The Morgan fingerprint density at radius 1 is 1.29 bits per heavy atom. The zero-order valence-corrected chi connectivity index (χ0v) is 18.4. The molecule has 0 aliphatic heterocycles. The molecule has 0 saturated heterocycles. The standard InChI is InChI=1S/C16H33N3O3S.HI/c1-14(10-13-23(3,20)21)19-16(17-2)18-11-7-12-22-15-8-5-4-6-9-15;/h14-15H,4-13H2,1-3H3,(H2,17,18,19);1H. The number of halogens is 1. The van der Waals surface area contributed by atoms with E-state index in [1.165, 1.54) is 38.4 Å². The maximum Gasteiger partial charge on any atom is 0.191 e. The molecule has 0 spiro atoms. The van der Waals surface area contributed by atoms with Gasteiger partial charge in [0.2, 0.25) is 0 Å². The van der Waals surface area contributed by atoms with Crippen LogP contribution in [0.5, 0.6) is 0 Å². The fourth-order valence-corrected chi connectivity index (χ4v) is 3.43. The summed E-state index contributed by atoms with van der Waals surface area (Å²) in [6.45, 7) is 3.54. The lowest BCUT2D eigenvalue weighted by Crippen LogP contribution is -2.43. The second kappa shape index (κ2) is 13.2. The van der Waals surface area contributed by atoms with Crippen molar-refractivity contribution in [2.24, 2.45) is 4.99 Å². The molecule has 144 valence electrons. The molecule has 1 saturated carbocycles. The van der Waals surface area contributed by atoms with Crippen LogP contribution in [0.3, 0.4) is 0 Å². The van der Waals surface area contributed by atoms with Crippen LogP contribution in [0.2, 0.25) is 0 Å². The number of hydrogen-bond acceptors (Lipinski definition) is 4. The molecule has 0 aromatic heterocycles. The molecule has 0 bridgehead atoms. The molecule has 1 aliphatic carbocycles. The minimum Gasteiger partial charge on any atom is -0.378 e. The molecule has 0 heterocycles. The van der Waals surface area contributed by atoms with Gasteiger partial charge in [-0.05, 0) is 32.6 Å². The van der Waals surface area contributed by atoms with E-state index in [9.17, 15) is 8.42 Å². The molecule has 24 heavy (non-hydrogen) atoms. The van der Waals surface area contributed by atoms with Crippen molar-refractivity contribution in [3.63, 3.8) is 0 Å². The number of rotatable bonds is 9. The predicted octanol–water partition coefficient (Wildman–Crippen LogP) is 2.33. The molecular formula is C16H34IN3O3S. The number of nitrogens with zero attached hydrogens (tertiary/aromatic N) is 1. The molecule has 1 rings (SSSR count). The van der Waals surface area contributed by atoms with Crippen LogP contribution in [0.15, 0.2) is 4.99 Å². The van der Waals surface area contributed by atoms with Crippen molar-refractivity contribution in [1.82, 2.24) is 10.6 Å². The molecule has 1 unspecified atom stereocenters. The summed E-state index contributed by atoms with van der Waals surface area (Å²) in [4.78, 5) is 4.16. The second-order valence-electron chi connectivity index (χ2n) is 6.45. The maximum absolute atomic E-state index is 11.2. The Labute approximate surface area is 164 Å².